The van der Waals surface area contributed by atoms with Crippen LogP contribution >= 0.6 is 0 Å². The van der Waals surface area contributed by atoms with Crippen molar-refractivity contribution in [3.8, 4) is 5.75 Å². The molecule has 152 valence electrons. The molecule has 1 saturated heterocycles. The summed E-state index contributed by atoms with van der Waals surface area (Å²) in [5.74, 6) is -0.965. The zero-order valence-electron chi connectivity index (χ0n) is 16.2. The summed E-state index contributed by atoms with van der Waals surface area (Å²) in [5, 5.41) is 21.3. The van der Waals surface area contributed by atoms with Gasteiger partial charge in [0, 0.05) is 36.5 Å². The number of rotatable bonds is 6. The van der Waals surface area contributed by atoms with Crippen molar-refractivity contribution in [2.45, 2.75) is 18.9 Å². The van der Waals surface area contributed by atoms with Crippen molar-refractivity contribution in [2.75, 3.05) is 6.54 Å². The molecular weight excluding hydrogens is 382 g/mol. The van der Waals surface area contributed by atoms with E-state index in [1.807, 2.05) is 0 Å². The number of likely N-dealkylation sites (tertiary alicyclic amines) is 1. The van der Waals surface area contributed by atoms with E-state index < -0.39 is 17.7 Å². The van der Waals surface area contributed by atoms with Gasteiger partial charge in [-0.25, -0.2) is 4.98 Å². The van der Waals surface area contributed by atoms with Crippen LogP contribution < -0.4 is 0 Å². The number of benzene rings is 2. The first kappa shape index (κ1) is 19.4. The van der Waals surface area contributed by atoms with Gasteiger partial charge in [-0.3, -0.25) is 9.59 Å². The van der Waals surface area contributed by atoms with Gasteiger partial charge < -0.3 is 20.1 Å². The Morgan fingerprint density at radius 2 is 1.80 bits per heavy atom. The fourth-order valence-electron chi connectivity index (χ4n) is 3.76. The third kappa shape index (κ3) is 3.57. The number of imidazole rings is 1. The van der Waals surface area contributed by atoms with Gasteiger partial charge in [-0.05, 0) is 12.5 Å². The summed E-state index contributed by atoms with van der Waals surface area (Å²) < 4.78 is 0. The second-order valence-corrected chi connectivity index (χ2v) is 7.06. The number of H-pyrrole nitrogens is 1. The smallest absolute Gasteiger partial charge is 0.295 e. The lowest BCUT2D eigenvalue weighted by Crippen LogP contribution is -2.31. The van der Waals surface area contributed by atoms with Crippen molar-refractivity contribution in [3.63, 3.8) is 0 Å². The molecule has 30 heavy (non-hydrogen) atoms. The maximum absolute atomic E-state index is 12.9. The highest BCUT2D eigenvalue weighted by molar-refractivity contribution is 6.46. The van der Waals surface area contributed by atoms with Crippen LogP contribution in [0.4, 0.5) is 0 Å². The first-order valence-electron chi connectivity index (χ1n) is 9.68. The Kier molecular flexibility index (Phi) is 5.34. The predicted molar refractivity (Wildman–Crippen MR) is 110 cm³/mol. The summed E-state index contributed by atoms with van der Waals surface area (Å²) >= 11 is 0. The topological polar surface area (TPSA) is 107 Å². The number of nitrogens with one attached hydrogen (secondary N) is 1. The molecule has 0 radical (unpaired) electrons. The van der Waals surface area contributed by atoms with Crippen molar-refractivity contribution < 1.29 is 19.8 Å². The molecule has 1 aliphatic rings. The summed E-state index contributed by atoms with van der Waals surface area (Å²) in [4.78, 5) is 34.4. The Balaban J connectivity index is 1.74. The summed E-state index contributed by atoms with van der Waals surface area (Å²) in [6.45, 7) is 0.274. The molecule has 1 aliphatic heterocycles. The third-order valence-corrected chi connectivity index (χ3v) is 5.19. The number of phenolic OH excluding ortho intramolecular Hbond substituents is 1. The average molecular weight is 403 g/mol. The number of phenols is 1. The van der Waals surface area contributed by atoms with Gasteiger partial charge in [0.25, 0.3) is 11.7 Å². The number of hydrogen-bond donors (Lipinski definition) is 3. The highest BCUT2D eigenvalue weighted by Crippen LogP contribution is 2.42. The van der Waals surface area contributed by atoms with Gasteiger partial charge in [-0.15, -0.1) is 0 Å². The van der Waals surface area contributed by atoms with Gasteiger partial charge in [0.1, 0.15) is 17.3 Å². The summed E-state index contributed by atoms with van der Waals surface area (Å²) in [6, 6.07) is 14.3. The molecule has 7 heteroatoms. The Morgan fingerprint density at radius 3 is 2.50 bits per heavy atom. The molecule has 2 aromatic carbocycles. The lowest BCUT2D eigenvalue weighted by atomic mass is 9.94. The maximum Gasteiger partial charge on any atom is 0.295 e. The van der Waals surface area contributed by atoms with Crippen LogP contribution in [-0.4, -0.2) is 43.3 Å². The minimum atomic E-state index is -0.872. The fourth-order valence-corrected chi connectivity index (χ4v) is 3.76. The predicted octanol–water partition coefficient (Wildman–Crippen LogP) is 3.17. The first-order chi connectivity index (χ1) is 14.6. The quantitative estimate of drug-likeness (QED) is 0.333. The van der Waals surface area contributed by atoms with Gasteiger partial charge >= 0.3 is 0 Å². The van der Waals surface area contributed by atoms with E-state index in [0.29, 0.717) is 24.0 Å². The molecule has 1 atom stereocenters. The SMILES string of the molecule is O=C1C(=O)N(CCCc2ncc[nH]2)C(c2ccccc2O)/C1=C(\O)c1ccccc1. The van der Waals surface area contributed by atoms with Crippen molar-refractivity contribution >= 4 is 17.4 Å². The van der Waals surface area contributed by atoms with Crippen molar-refractivity contribution in [2.24, 2.45) is 0 Å². The van der Waals surface area contributed by atoms with Crippen molar-refractivity contribution in [1.29, 1.82) is 0 Å². The van der Waals surface area contributed by atoms with E-state index in [1.165, 1.54) is 11.0 Å². The first-order valence-corrected chi connectivity index (χ1v) is 9.68. The number of aliphatic hydroxyl groups excluding tert-OH is 1. The number of aryl methyl sites for hydroxylation is 1. The zero-order chi connectivity index (χ0) is 21.1. The molecule has 1 fully saturated rings. The van der Waals surface area contributed by atoms with Crippen LogP contribution in [0.15, 0.2) is 72.6 Å². The normalized spacial score (nSPS) is 18.1. The number of carbonyl (C=O) groups is 2. The standard InChI is InChI=1S/C23H21N3O4/c27-17-10-5-4-9-16(17)20-19(21(28)15-7-2-1-3-8-15)22(29)23(30)26(20)14-6-11-18-24-12-13-25-18/h1-5,7-10,12-13,20,27-28H,6,11,14H2,(H,24,25)/b21-19+. The molecule has 3 aromatic rings. The molecule has 0 spiro atoms. The average Bonchev–Trinajstić information content (AvgIpc) is 3.37. The molecule has 0 saturated carbocycles. The van der Waals surface area contributed by atoms with Crippen LogP contribution in [0.3, 0.4) is 0 Å². The van der Waals surface area contributed by atoms with Crippen molar-refractivity contribution in [1.82, 2.24) is 14.9 Å². The van der Waals surface area contributed by atoms with E-state index in [2.05, 4.69) is 9.97 Å². The number of aliphatic hydroxyl groups is 1. The van der Waals surface area contributed by atoms with Gasteiger partial charge in [-0.2, -0.15) is 0 Å². The van der Waals surface area contributed by atoms with Crippen LogP contribution in [0, 0.1) is 0 Å². The Morgan fingerprint density at radius 1 is 1.07 bits per heavy atom. The van der Waals surface area contributed by atoms with Crippen LogP contribution in [-0.2, 0) is 16.0 Å². The number of aromatic amines is 1. The van der Waals surface area contributed by atoms with Gasteiger partial charge in [0.2, 0.25) is 0 Å². The van der Waals surface area contributed by atoms with E-state index in [1.54, 1.807) is 60.9 Å². The van der Waals surface area contributed by atoms with Gasteiger partial charge in [0.15, 0.2) is 0 Å². The lowest BCUT2D eigenvalue weighted by molar-refractivity contribution is -0.139. The van der Waals surface area contributed by atoms with Crippen LogP contribution in [0.5, 0.6) is 5.75 Å². The zero-order valence-corrected chi connectivity index (χ0v) is 16.2. The number of nitrogens with zero attached hydrogens (tertiary/aromatic N) is 2. The van der Waals surface area contributed by atoms with E-state index >= 15 is 0 Å². The number of amides is 1. The van der Waals surface area contributed by atoms with E-state index in [-0.39, 0.29) is 23.6 Å². The number of hydrogen-bond acceptors (Lipinski definition) is 5. The van der Waals surface area contributed by atoms with Crippen molar-refractivity contribution in [3.05, 3.63) is 89.5 Å². The minimum Gasteiger partial charge on any atom is -0.508 e. The number of para-hydroxylation sites is 1. The van der Waals surface area contributed by atoms with Crippen LogP contribution in [0.2, 0.25) is 0 Å². The molecule has 0 aliphatic carbocycles. The molecule has 2 heterocycles. The van der Waals surface area contributed by atoms with Crippen LogP contribution in [0.25, 0.3) is 5.76 Å². The van der Waals surface area contributed by atoms with Gasteiger partial charge in [0.05, 0.1) is 11.6 Å². The number of aromatic hydroxyl groups is 1. The molecule has 7 nitrogen and oxygen atoms in total. The molecule has 4 rings (SSSR count). The molecule has 0 bridgehead atoms. The maximum atomic E-state index is 12.9. The molecule has 3 N–H and O–H groups in total. The van der Waals surface area contributed by atoms with Crippen LogP contribution in [0.1, 0.15) is 29.4 Å². The lowest BCUT2D eigenvalue weighted by Gasteiger charge is -2.25. The second kappa shape index (κ2) is 8.24. The highest BCUT2D eigenvalue weighted by atomic mass is 16.3. The largest absolute Gasteiger partial charge is 0.508 e. The number of ketones is 1. The molecule has 1 aromatic heterocycles. The number of Topliss-reactive ketones (excluding diaryl/α,β-unsaturated/α-hetero) is 1. The number of aromatic nitrogens is 2. The minimum absolute atomic E-state index is 0.0225. The summed E-state index contributed by atoms with van der Waals surface area (Å²) in [6.07, 6.45) is 4.55. The second-order valence-electron chi connectivity index (χ2n) is 7.06. The summed E-state index contributed by atoms with van der Waals surface area (Å²) in [5.41, 5.74) is 0.810. The molecule has 1 amide bonds. The Hall–Kier alpha value is -3.87. The number of carbonyl (C=O) groups excluding carboxylic acids is 2. The van der Waals surface area contributed by atoms with E-state index in [9.17, 15) is 19.8 Å². The highest BCUT2D eigenvalue weighted by Gasteiger charge is 2.46. The molecular formula is C23H21N3O4. The molecule has 1 unspecified atom stereocenters. The van der Waals surface area contributed by atoms with Gasteiger partial charge in [-0.1, -0.05) is 48.5 Å². The third-order valence-electron chi connectivity index (χ3n) is 5.19. The monoisotopic (exact) mass is 403 g/mol. The van der Waals surface area contributed by atoms with E-state index in [0.717, 1.165) is 5.82 Å². The van der Waals surface area contributed by atoms with E-state index in [4.69, 9.17) is 0 Å². The summed E-state index contributed by atoms with van der Waals surface area (Å²) in [7, 11) is 0. The Bertz CT molecular complexity index is 1090. The fraction of sp³-hybridized carbons (Fsp3) is 0.174. The Labute approximate surface area is 173 Å².